The first-order valence-corrected chi connectivity index (χ1v) is 16.6. The molecule has 0 saturated heterocycles. The van der Waals surface area contributed by atoms with E-state index in [0.29, 0.717) is 17.8 Å². The van der Waals surface area contributed by atoms with Crippen LogP contribution in [-0.4, -0.2) is 44.3 Å². The van der Waals surface area contributed by atoms with Crippen molar-refractivity contribution in [3.63, 3.8) is 0 Å². The number of hydrogen-bond donors (Lipinski definition) is 1. The maximum Gasteiger partial charge on any atom is 0.264 e. The molecule has 0 aromatic heterocycles. The van der Waals surface area contributed by atoms with Crippen molar-refractivity contribution >= 4 is 27.5 Å². The average Bonchev–Trinajstić information content (AvgIpc) is 3.03. The van der Waals surface area contributed by atoms with Crippen molar-refractivity contribution in [2.24, 2.45) is 0 Å². The first-order chi connectivity index (χ1) is 21.6. The number of rotatable bonds is 14. The molecule has 4 aromatic carbocycles. The second kappa shape index (κ2) is 15.5. The number of benzene rings is 4. The Hall–Kier alpha value is -4.50. The maximum atomic E-state index is 15.0. The fourth-order valence-electron chi connectivity index (χ4n) is 5.06. The Morgan fingerprint density at radius 1 is 0.844 bits per heavy atom. The highest BCUT2D eigenvalue weighted by Gasteiger charge is 2.35. The van der Waals surface area contributed by atoms with Crippen LogP contribution >= 0.6 is 0 Å². The highest BCUT2D eigenvalue weighted by molar-refractivity contribution is 7.92. The quantitative estimate of drug-likeness (QED) is 0.169. The Labute approximate surface area is 265 Å². The topological polar surface area (TPSA) is 86.8 Å². The third-order valence-electron chi connectivity index (χ3n) is 7.67. The van der Waals surface area contributed by atoms with Gasteiger partial charge < -0.3 is 10.2 Å². The van der Waals surface area contributed by atoms with Gasteiger partial charge >= 0.3 is 0 Å². The summed E-state index contributed by atoms with van der Waals surface area (Å²) >= 11 is 0. The first-order valence-electron chi connectivity index (χ1n) is 15.1. The lowest BCUT2D eigenvalue weighted by molar-refractivity contribution is -0.140. The minimum absolute atomic E-state index is 0.0305. The summed E-state index contributed by atoms with van der Waals surface area (Å²) in [7, 11) is -4.21. The van der Waals surface area contributed by atoms with Gasteiger partial charge in [-0.1, -0.05) is 97.8 Å². The number of amides is 2. The smallest absolute Gasteiger partial charge is 0.264 e. The lowest BCUT2D eigenvalue weighted by Gasteiger charge is -2.34. The molecule has 0 fully saturated rings. The molecule has 0 aliphatic carbocycles. The summed E-state index contributed by atoms with van der Waals surface area (Å²) in [6.07, 6.45) is 1.78. The zero-order valence-corrected chi connectivity index (χ0v) is 26.8. The number of sulfonamides is 1. The molecule has 0 heterocycles. The number of hydrogen-bond acceptors (Lipinski definition) is 4. The molecule has 7 nitrogen and oxygen atoms in total. The van der Waals surface area contributed by atoms with Crippen LogP contribution in [0, 0.1) is 19.7 Å². The zero-order valence-electron chi connectivity index (χ0n) is 25.9. The molecule has 0 unspecified atom stereocenters. The van der Waals surface area contributed by atoms with Crippen LogP contribution in [0.15, 0.2) is 108 Å². The van der Waals surface area contributed by atoms with Gasteiger partial charge in [-0.2, -0.15) is 0 Å². The molecule has 4 aromatic rings. The number of halogens is 1. The third-order valence-corrected chi connectivity index (χ3v) is 9.45. The van der Waals surface area contributed by atoms with Crippen LogP contribution in [0.4, 0.5) is 10.1 Å². The van der Waals surface area contributed by atoms with Crippen molar-refractivity contribution in [3.8, 4) is 0 Å². The van der Waals surface area contributed by atoms with Crippen LogP contribution in [0.25, 0.3) is 0 Å². The Bertz CT molecular complexity index is 1700. The molecule has 9 heteroatoms. The highest BCUT2D eigenvalue weighted by Crippen LogP contribution is 2.28. The Morgan fingerprint density at radius 2 is 1.49 bits per heavy atom. The molecule has 1 atom stereocenters. The van der Waals surface area contributed by atoms with Gasteiger partial charge in [0, 0.05) is 25.1 Å². The molecule has 0 bridgehead atoms. The predicted molar refractivity (Wildman–Crippen MR) is 176 cm³/mol. The van der Waals surface area contributed by atoms with E-state index < -0.39 is 34.3 Å². The largest absolute Gasteiger partial charge is 0.354 e. The van der Waals surface area contributed by atoms with Crippen molar-refractivity contribution in [1.29, 1.82) is 0 Å². The predicted octanol–water partition coefficient (Wildman–Crippen LogP) is 6.19. The minimum atomic E-state index is -4.21. The maximum absolute atomic E-state index is 15.0. The standard InChI is InChI=1S/C36H40FN3O4S/c1-4-5-23-38-36(42)34(24-29-14-7-6-8-15-29)39(25-30-16-10-11-17-32(30)37)35(41)26-40(33-18-12-9-13-28(33)3)45(43,44)31-21-19-27(2)20-22-31/h6-22,34H,4-5,23-26H2,1-3H3,(H,38,42)/t34-/m1/s1. The number of carbonyl (C=O) groups is 2. The second-order valence-corrected chi connectivity index (χ2v) is 12.9. The molecule has 0 aliphatic heterocycles. The van der Waals surface area contributed by atoms with Gasteiger partial charge in [0.25, 0.3) is 10.0 Å². The van der Waals surface area contributed by atoms with E-state index in [2.05, 4.69) is 5.32 Å². The van der Waals surface area contributed by atoms with E-state index in [9.17, 15) is 18.0 Å². The molecular formula is C36H40FN3O4S. The molecule has 0 spiro atoms. The van der Waals surface area contributed by atoms with Gasteiger partial charge in [0.05, 0.1) is 10.6 Å². The van der Waals surface area contributed by atoms with Crippen LogP contribution in [0.2, 0.25) is 0 Å². The summed E-state index contributed by atoms with van der Waals surface area (Å²) in [4.78, 5) is 29.6. The monoisotopic (exact) mass is 629 g/mol. The molecule has 236 valence electrons. The fourth-order valence-corrected chi connectivity index (χ4v) is 6.54. The number of para-hydroxylation sites is 1. The van der Waals surface area contributed by atoms with Crippen molar-refractivity contribution in [2.45, 2.75) is 57.5 Å². The van der Waals surface area contributed by atoms with E-state index in [-0.39, 0.29) is 29.3 Å². The van der Waals surface area contributed by atoms with Crippen molar-refractivity contribution < 1.29 is 22.4 Å². The molecule has 2 amide bonds. The molecule has 0 aliphatic rings. The van der Waals surface area contributed by atoms with E-state index in [1.54, 1.807) is 61.5 Å². The summed E-state index contributed by atoms with van der Waals surface area (Å²) in [6, 6.07) is 27.7. The van der Waals surface area contributed by atoms with Gasteiger partial charge in [-0.25, -0.2) is 12.8 Å². The first kappa shape index (κ1) is 33.4. The van der Waals surface area contributed by atoms with E-state index in [1.165, 1.54) is 23.1 Å². The summed E-state index contributed by atoms with van der Waals surface area (Å²) < 4.78 is 44.4. The normalized spacial score (nSPS) is 11.9. The number of nitrogens with zero attached hydrogens (tertiary/aromatic N) is 2. The van der Waals surface area contributed by atoms with Gasteiger partial charge in [0.15, 0.2) is 0 Å². The molecular weight excluding hydrogens is 589 g/mol. The number of aryl methyl sites for hydroxylation is 2. The zero-order chi connectivity index (χ0) is 32.4. The van der Waals surface area contributed by atoms with Crippen LogP contribution in [0.1, 0.15) is 42.0 Å². The Kier molecular flexibility index (Phi) is 11.5. The number of unbranched alkanes of at least 4 members (excludes halogenated alkanes) is 1. The van der Waals surface area contributed by atoms with Gasteiger partial charge in [-0.15, -0.1) is 0 Å². The minimum Gasteiger partial charge on any atom is -0.354 e. The second-order valence-electron chi connectivity index (χ2n) is 11.1. The van der Waals surface area contributed by atoms with E-state index in [1.807, 2.05) is 44.2 Å². The fraction of sp³-hybridized carbons (Fsp3) is 0.278. The summed E-state index contributed by atoms with van der Waals surface area (Å²) in [6.45, 7) is 5.24. The van der Waals surface area contributed by atoms with Crippen LogP contribution in [0.5, 0.6) is 0 Å². The molecule has 4 rings (SSSR count). The van der Waals surface area contributed by atoms with Crippen molar-refractivity contribution in [3.05, 3.63) is 131 Å². The molecule has 0 saturated carbocycles. The number of nitrogens with one attached hydrogen (secondary N) is 1. The molecule has 1 N–H and O–H groups in total. The van der Waals surface area contributed by atoms with E-state index in [0.717, 1.165) is 28.3 Å². The Balaban J connectivity index is 1.80. The van der Waals surface area contributed by atoms with E-state index >= 15 is 4.39 Å². The van der Waals surface area contributed by atoms with Gasteiger partial charge in [0.2, 0.25) is 11.8 Å². The van der Waals surface area contributed by atoms with Gasteiger partial charge in [0.1, 0.15) is 18.4 Å². The Morgan fingerprint density at radius 3 is 2.16 bits per heavy atom. The average molecular weight is 630 g/mol. The van der Waals surface area contributed by atoms with Crippen LogP contribution in [0.3, 0.4) is 0 Å². The number of carbonyl (C=O) groups excluding carboxylic acids is 2. The number of anilines is 1. The van der Waals surface area contributed by atoms with E-state index in [4.69, 9.17) is 0 Å². The van der Waals surface area contributed by atoms with Crippen molar-refractivity contribution in [1.82, 2.24) is 10.2 Å². The summed E-state index contributed by atoms with van der Waals surface area (Å²) in [5.41, 5.74) is 2.90. The van der Waals surface area contributed by atoms with Crippen LogP contribution in [-0.2, 0) is 32.6 Å². The third kappa shape index (κ3) is 8.57. The summed E-state index contributed by atoms with van der Waals surface area (Å²) in [5, 5.41) is 2.94. The van der Waals surface area contributed by atoms with Crippen molar-refractivity contribution in [2.75, 3.05) is 17.4 Å². The van der Waals surface area contributed by atoms with Gasteiger partial charge in [-0.05, 0) is 55.7 Å². The SMILES string of the molecule is CCCCNC(=O)[C@@H](Cc1ccccc1)N(Cc1ccccc1F)C(=O)CN(c1ccccc1C)S(=O)(=O)c1ccc(C)cc1. The van der Waals surface area contributed by atoms with Crippen LogP contribution < -0.4 is 9.62 Å². The molecule has 0 radical (unpaired) electrons. The lowest BCUT2D eigenvalue weighted by atomic mass is 10.0. The summed E-state index contributed by atoms with van der Waals surface area (Å²) in [5.74, 6) is -1.55. The molecule has 45 heavy (non-hydrogen) atoms. The van der Waals surface area contributed by atoms with Gasteiger partial charge in [-0.3, -0.25) is 13.9 Å². The lowest BCUT2D eigenvalue weighted by Crippen LogP contribution is -2.53. The highest BCUT2D eigenvalue weighted by atomic mass is 32.2.